The van der Waals surface area contributed by atoms with Gasteiger partial charge in [-0.05, 0) is 42.0 Å². The Balaban J connectivity index is 2.26. The van der Waals surface area contributed by atoms with E-state index >= 15 is 0 Å². The maximum absolute atomic E-state index is 13.1. The molecule has 0 radical (unpaired) electrons. The van der Waals surface area contributed by atoms with Gasteiger partial charge in [0, 0.05) is 0 Å². The summed E-state index contributed by atoms with van der Waals surface area (Å²) in [5.41, 5.74) is 0.204. The van der Waals surface area contributed by atoms with Crippen molar-refractivity contribution < 1.29 is 43.3 Å². The van der Waals surface area contributed by atoms with Gasteiger partial charge in [0.1, 0.15) is 11.6 Å². The molecule has 1 N–H and O–H groups in total. The number of sulfonamides is 1. The van der Waals surface area contributed by atoms with Gasteiger partial charge in [-0.3, -0.25) is 4.18 Å². The van der Waals surface area contributed by atoms with Gasteiger partial charge in [0.2, 0.25) is 10.0 Å². The van der Waals surface area contributed by atoms with Gasteiger partial charge in [-0.2, -0.15) is 8.42 Å². The molecule has 2 rings (SSSR count). The van der Waals surface area contributed by atoms with E-state index < -0.39 is 55.6 Å². The van der Waals surface area contributed by atoms with Crippen LogP contribution in [0, 0.1) is 5.82 Å². The van der Waals surface area contributed by atoms with Crippen LogP contribution in [0.4, 0.5) is 17.6 Å². The topological polar surface area (TPSA) is 98.8 Å². The number of nitrogens with one attached hydrogen (secondary N) is 1. The fourth-order valence-electron chi connectivity index (χ4n) is 2.16. The van der Waals surface area contributed by atoms with E-state index in [-0.39, 0.29) is 5.56 Å². The van der Waals surface area contributed by atoms with Gasteiger partial charge in [-0.25, -0.2) is 17.5 Å². The lowest BCUT2D eigenvalue weighted by Gasteiger charge is -2.19. The number of alkyl halides is 3. The molecule has 0 amide bonds. The SMILES string of the molecule is CS(=O)(=O)OCC(NS(=O)(=O)c1ccc(OC(F)(F)F)cc1)c1ccc(F)cc1. The summed E-state index contributed by atoms with van der Waals surface area (Å²) in [5, 5.41) is 0. The maximum atomic E-state index is 13.1. The van der Waals surface area contributed by atoms with E-state index in [0.717, 1.165) is 42.7 Å². The van der Waals surface area contributed by atoms with Crippen LogP contribution in [0.5, 0.6) is 5.75 Å². The highest BCUT2D eigenvalue weighted by Gasteiger charge is 2.31. The van der Waals surface area contributed by atoms with Crippen molar-refractivity contribution in [2.45, 2.75) is 17.3 Å². The molecule has 0 aliphatic heterocycles. The van der Waals surface area contributed by atoms with Crippen molar-refractivity contribution in [3.63, 3.8) is 0 Å². The Morgan fingerprint density at radius 2 is 1.52 bits per heavy atom. The zero-order valence-electron chi connectivity index (χ0n) is 14.7. The van der Waals surface area contributed by atoms with Crippen molar-refractivity contribution in [1.82, 2.24) is 4.72 Å². The number of hydrogen-bond acceptors (Lipinski definition) is 6. The highest BCUT2D eigenvalue weighted by molar-refractivity contribution is 7.89. The average Bonchev–Trinajstić information content (AvgIpc) is 2.57. The fourth-order valence-corrected chi connectivity index (χ4v) is 3.75. The largest absolute Gasteiger partial charge is 0.573 e. The molecule has 1 atom stereocenters. The molecule has 160 valence electrons. The first-order valence-corrected chi connectivity index (χ1v) is 11.0. The second-order valence-electron chi connectivity index (χ2n) is 5.73. The Kier molecular flexibility index (Phi) is 6.88. The lowest BCUT2D eigenvalue weighted by atomic mass is 10.1. The van der Waals surface area contributed by atoms with Gasteiger partial charge in [-0.15, -0.1) is 13.2 Å². The van der Waals surface area contributed by atoms with Crippen LogP contribution in [0.15, 0.2) is 53.4 Å². The van der Waals surface area contributed by atoms with Gasteiger partial charge in [0.15, 0.2) is 0 Å². The molecule has 0 fully saturated rings. The lowest BCUT2D eigenvalue weighted by molar-refractivity contribution is -0.274. The Morgan fingerprint density at radius 1 is 0.966 bits per heavy atom. The summed E-state index contributed by atoms with van der Waals surface area (Å²) in [6, 6.07) is 6.69. The van der Waals surface area contributed by atoms with Crippen molar-refractivity contribution in [2.75, 3.05) is 12.9 Å². The van der Waals surface area contributed by atoms with E-state index in [0.29, 0.717) is 0 Å². The molecule has 0 aromatic heterocycles. The second kappa shape index (κ2) is 8.65. The van der Waals surface area contributed by atoms with Crippen molar-refractivity contribution in [3.05, 3.63) is 59.9 Å². The molecule has 2 aromatic carbocycles. The number of benzene rings is 2. The third-order valence-electron chi connectivity index (χ3n) is 3.39. The molecule has 0 heterocycles. The summed E-state index contributed by atoms with van der Waals surface area (Å²) < 4.78 is 108. The number of hydrogen-bond donors (Lipinski definition) is 1. The molecule has 0 aliphatic carbocycles. The predicted molar refractivity (Wildman–Crippen MR) is 93.4 cm³/mol. The van der Waals surface area contributed by atoms with E-state index in [2.05, 4.69) is 13.6 Å². The first kappa shape index (κ1) is 23.1. The zero-order valence-corrected chi connectivity index (χ0v) is 16.3. The lowest BCUT2D eigenvalue weighted by Crippen LogP contribution is -2.32. The summed E-state index contributed by atoms with van der Waals surface area (Å²) in [4.78, 5) is -0.404. The Hall–Kier alpha value is -2.22. The number of ether oxygens (including phenoxy) is 1. The third kappa shape index (κ3) is 7.61. The highest BCUT2D eigenvalue weighted by Crippen LogP contribution is 2.25. The van der Waals surface area contributed by atoms with Crippen LogP contribution in [0.1, 0.15) is 11.6 Å². The first-order chi connectivity index (χ1) is 13.3. The van der Waals surface area contributed by atoms with Gasteiger partial charge in [0.05, 0.1) is 23.8 Å². The molecule has 0 saturated carbocycles. The summed E-state index contributed by atoms with van der Waals surface area (Å²) in [7, 11) is -8.21. The minimum absolute atomic E-state index is 0.204. The van der Waals surface area contributed by atoms with Crippen LogP contribution >= 0.6 is 0 Å². The Morgan fingerprint density at radius 3 is 2.00 bits per heavy atom. The zero-order chi connectivity index (χ0) is 21.9. The maximum Gasteiger partial charge on any atom is 0.573 e. The minimum atomic E-state index is -4.94. The molecule has 0 saturated heterocycles. The highest BCUT2D eigenvalue weighted by atomic mass is 32.2. The molecular weight excluding hydrogens is 442 g/mol. The molecule has 1 unspecified atom stereocenters. The van der Waals surface area contributed by atoms with E-state index in [1.165, 1.54) is 12.1 Å². The fraction of sp³-hybridized carbons (Fsp3) is 0.250. The molecule has 29 heavy (non-hydrogen) atoms. The van der Waals surface area contributed by atoms with Crippen molar-refractivity contribution in [1.29, 1.82) is 0 Å². The van der Waals surface area contributed by atoms with Crippen LogP contribution in [0.3, 0.4) is 0 Å². The number of rotatable bonds is 8. The average molecular weight is 457 g/mol. The van der Waals surface area contributed by atoms with E-state index in [1.54, 1.807) is 0 Å². The molecule has 2 aromatic rings. The summed E-state index contributed by atoms with van der Waals surface area (Å²) in [6.07, 6.45) is -4.17. The number of halogens is 4. The van der Waals surface area contributed by atoms with Crippen LogP contribution in [0.25, 0.3) is 0 Å². The molecule has 0 spiro atoms. The van der Waals surface area contributed by atoms with Crippen molar-refractivity contribution in [2.24, 2.45) is 0 Å². The standard InChI is InChI=1S/C16H15F4NO6S2/c1-28(22,23)26-10-15(11-2-4-12(17)5-3-11)21-29(24,25)14-8-6-13(7-9-14)27-16(18,19)20/h2-9,15,21H,10H2,1H3. The second-order valence-corrected chi connectivity index (χ2v) is 9.09. The smallest absolute Gasteiger partial charge is 0.406 e. The van der Waals surface area contributed by atoms with Crippen molar-refractivity contribution in [3.8, 4) is 5.75 Å². The van der Waals surface area contributed by atoms with E-state index in [1.807, 2.05) is 0 Å². The predicted octanol–water partition coefficient (Wildman–Crippen LogP) is 2.72. The van der Waals surface area contributed by atoms with Crippen LogP contribution in [0.2, 0.25) is 0 Å². The normalized spacial score (nSPS) is 13.8. The Labute approximate surface area is 164 Å². The van der Waals surface area contributed by atoms with E-state index in [9.17, 15) is 34.4 Å². The van der Waals surface area contributed by atoms with Crippen molar-refractivity contribution >= 4 is 20.1 Å². The molecule has 13 heteroatoms. The minimum Gasteiger partial charge on any atom is -0.406 e. The molecule has 7 nitrogen and oxygen atoms in total. The van der Waals surface area contributed by atoms with Gasteiger partial charge < -0.3 is 4.74 Å². The van der Waals surface area contributed by atoms with Crippen LogP contribution < -0.4 is 9.46 Å². The molecular formula is C16H15F4NO6S2. The summed E-state index contributed by atoms with van der Waals surface area (Å²) >= 11 is 0. The Bertz CT molecular complexity index is 1040. The quantitative estimate of drug-likeness (QED) is 0.484. The monoisotopic (exact) mass is 457 g/mol. The molecule has 0 aliphatic rings. The van der Waals surface area contributed by atoms with E-state index in [4.69, 9.17) is 0 Å². The van der Waals surface area contributed by atoms with Crippen LogP contribution in [-0.4, -0.2) is 36.1 Å². The first-order valence-electron chi connectivity index (χ1n) is 7.73. The van der Waals surface area contributed by atoms with Gasteiger partial charge in [-0.1, -0.05) is 12.1 Å². The van der Waals surface area contributed by atoms with Crippen LogP contribution in [-0.2, 0) is 24.3 Å². The summed E-state index contributed by atoms with van der Waals surface area (Å²) in [5.74, 6) is -1.22. The van der Waals surface area contributed by atoms with Gasteiger partial charge >= 0.3 is 6.36 Å². The third-order valence-corrected chi connectivity index (χ3v) is 5.44. The van der Waals surface area contributed by atoms with Gasteiger partial charge in [0.25, 0.3) is 10.1 Å². The molecule has 0 bridgehead atoms. The summed E-state index contributed by atoms with van der Waals surface area (Å²) in [6.45, 7) is -0.626.